The number of rotatable bonds is 10. The van der Waals surface area contributed by atoms with E-state index in [2.05, 4.69) is 87.8 Å². The number of aromatic nitrogens is 3. The summed E-state index contributed by atoms with van der Waals surface area (Å²) in [6.45, 7) is 7.28. The highest BCUT2D eigenvalue weighted by Gasteiger charge is 2.04. The summed E-state index contributed by atoms with van der Waals surface area (Å²) < 4.78 is 2.08. The molecule has 2 N–H and O–H groups in total. The van der Waals surface area contributed by atoms with Crippen LogP contribution in [-0.4, -0.2) is 39.6 Å². The predicted octanol–water partition coefficient (Wildman–Crippen LogP) is 3.68. The lowest BCUT2D eigenvalue weighted by Crippen LogP contribution is -2.40. The van der Waals surface area contributed by atoms with E-state index in [4.69, 9.17) is 4.99 Å². The van der Waals surface area contributed by atoms with Crippen LogP contribution in [0.15, 0.2) is 70.8 Å². The summed E-state index contributed by atoms with van der Waals surface area (Å²) in [5, 5.41) is 15.1. The topological polar surface area (TPSA) is 67.1 Å². The molecule has 0 fully saturated rings. The number of benzene rings is 2. The third-order valence-electron chi connectivity index (χ3n) is 4.73. The first-order valence-electron chi connectivity index (χ1n) is 10.4. The van der Waals surface area contributed by atoms with Crippen LogP contribution in [0.5, 0.6) is 0 Å². The minimum Gasteiger partial charge on any atom is -0.356 e. The highest BCUT2D eigenvalue weighted by Crippen LogP contribution is 2.15. The predicted molar refractivity (Wildman–Crippen MR) is 125 cm³/mol. The van der Waals surface area contributed by atoms with Crippen LogP contribution in [0.2, 0.25) is 0 Å². The molecule has 0 aliphatic heterocycles. The van der Waals surface area contributed by atoms with Crippen molar-refractivity contribution >= 4 is 17.7 Å². The monoisotopic (exact) mass is 422 g/mol. The Kier molecular flexibility index (Phi) is 8.78. The summed E-state index contributed by atoms with van der Waals surface area (Å²) in [7, 11) is 0. The Morgan fingerprint density at radius 2 is 1.80 bits per heavy atom. The van der Waals surface area contributed by atoms with Crippen molar-refractivity contribution in [2.24, 2.45) is 4.99 Å². The van der Waals surface area contributed by atoms with Gasteiger partial charge in [-0.25, -0.2) is 4.99 Å². The van der Waals surface area contributed by atoms with Gasteiger partial charge in [-0.2, -0.15) is 0 Å². The second kappa shape index (κ2) is 12.0. The van der Waals surface area contributed by atoms with Gasteiger partial charge in [0.15, 0.2) is 5.96 Å². The van der Waals surface area contributed by atoms with E-state index < -0.39 is 0 Å². The maximum Gasteiger partial charge on any atom is 0.191 e. The van der Waals surface area contributed by atoms with Gasteiger partial charge in [0.2, 0.25) is 0 Å². The first-order chi connectivity index (χ1) is 14.8. The van der Waals surface area contributed by atoms with E-state index in [9.17, 15) is 0 Å². The van der Waals surface area contributed by atoms with Gasteiger partial charge in [0.25, 0.3) is 0 Å². The van der Waals surface area contributed by atoms with E-state index in [1.54, 1.807) is 6.33 Å². The number of thioether (sulfide) groups is 1. The average Bonchev–Trinajstić information content (AvgIpc) is 3.23. The van der Waals surface area contributed by atoms with E-state index in [0.717, 1.165) is 43.6 Å². The number of hydrogen-bond acceptors (Lipinski definition) is 4. The molecule has 2 aromatic carbocycles. The highest BCUT2D eigenvalue weighted by atomic mass is 32.2. The molecule has 0 bridgehead atoms. The zero-order valence-corrected chi connectivity index (χ0v) is 18.5. The first-order valence-corrected chi connectivity index (χ1v) is 11.4. The number of aryl methyl sites for hydroxylation is 2. The fourth-order valence-corrected chi connectivity index (χ4v) is 3.80. The summed E-state index contributed by atoms with van der Waals surface area (Å²) in [6, 6.07) is 18.8. The van der Waals surface area contributed by atoms with Crippen molar-refractivity contribution in [2.45, 2.75) is 38.3 Å². The maximum absolute atomic E-state index is 4.81. The third kappa shape index (κ3) is 6.91. The normalized spacial score (nSPS) is 11.5. The second-order valence-electron chi connectivity index (χ2n) is 6.90. The van der Waals surface area contributed by atoms with Crippen LogP contribution in [0.1, 0.15) is 23.9 Å². The van der Waals surface area contributed by atoms with Crippen LogP contribution in [0, 0.1) is 6.92 Å². The molecule has 3 aromatic rings. The molecule has 3 rings (SSSR count). The average molecular weight is 423 g/mol. The zero-order valence-electron chi connectivity index (χ0n) is 17.7. The van der Waals surface area contributed by atoms with Crippen molar-refractivity contribution in [2.75, 3.05) is 18.8 Å². The molecular weight excluding hydrogens is 392 g/mol. The molecule has 1 aromatic heterocycles. The van der Waals surface area contributed by atoms with Crippen LogP contribution in [0.3, 0.4) is 0 Å². The molecule has 158 valence electrons. The van der Waals surface area contributed by atoms with Crippen molar-refractivity contribution in [1.82, 2.24) is 25.4 Å². The molecular formula is C23H30N6S. The van der Waals surface area contributed by atoms with E-state index in [0.29, 0.717) is 6.54 Å². The third-order valence-corrected chi connectivity index (χ3v) is 5.75. The quantitative estimate of drug-likeness (QED) is 0.226. The molecule has 0 radical (unpaired) electrons. The standard InChI is InChI=1S/C23H30N6S/c1-3-22-28-27-18-29(22)15-13-24-23(26-17-20-10-8-7-9-19(20)2)25-14-16-30-21-11-5-4-6-12-21/h4-12,18H,3,13-17H2,1-2H3,(H2,24,25,26). The van der Waals surface area contributed by atoms with Crippen molar-refractivity contribution in [3.8, 4) is 0 Å². The minimum absolute atomic E-state index is 0.653. The van der Waals surface area contributed by atoms with E-state index in [-0.39, 0.29) is 0 Å². The minimum atomic E-state index is 0.653. The number of hydrogen-bond donors (Lipinski definition) is 2. The Hall–Kier alpha value is -2.80. The van der Waals surface area contributed by atoms with E-state index >= 15 is 0 Å². The van der Waals surface area contributed by atoms with Crippen LogP contribution in [0.4, 0.5) is 0 Å². The summed E-state index contributed by atoms with van der Waals surface area (Å²) in [5.41, 5.74) is 2.50. The number of guanidine groups is 1. The maximum atomic E-state index is 4.81. The van der Waals surface area contributed by atoms with Crippen LogP contribution in [-0.2, 0) is 19.5 Å². The summed E-state index contributed by atoms with van der Waals surface area (Å²) in [6.07, 6.45) is 2.66. The van der Waals surface area contributed by atoms with Crippen LogP contribution >= 0.6 is 11.8 Å². The lowest BCUT2D eigenvalue weighted by atomic mass is 10.1. The molecule has 30 heavy (non-hydrogen) atoms. The molecule has 0 aliphatic carbocycles. The lowest BCUT2D eigenvalue weighted by Gasteiger charge is -2.14. The van der Waals surface area contributed by atoms with Gasteiger partial charge in [-0.3, -0.25) is 0 Å². The number of aliphatic imine (C=N–C) groups is 1. The summed E-state index contributed by atoms with van der Waals surface area (Å²) >= 11 is 1.84. The highest BCUT2D eigenvalue weighted by molar-refractivity contribution is 7.99. The lowest BCUT2D eigenvalue weighted by molar-refractivity contribution is 0.633. The van der Waals surface area contributed by atoms with E-state index in [1.807, 2.05) is 17.8 Å². The van der Waals surface area contributed by atoms with Gasteiger partial charge in [-0.15, -0.1) is 22.0 Å². The van der Waals surface area contributed by atoms with Gasteiger partial charge in [0, 0.05) is 36.7 Å². The fourth-order valence-electron chi connectivity index (χ4n) is 3.02. The van der Waals surface area contributed by atoms with Crippen molar-refractivity contribution in [3.05, 3.63) is 77.9 Å². The zero-order chi connectivity index (χ0) is 21.0. The molecule has 0 saturated carbocycles. The number of nitrogens with one attached hydrogen (secondary N) is 2. The van der Waals surface area contributed by atoms with E-state index in [1.165, 1.54) is 16.0 Å². The Balaban J connectivity index is 1.54. The van der Waals surface area contributed by atoms with Gasteiger partial charge in [-0.1, -0.05) is 49.4 Å². The molecule has 0 aliphatic rings. The Labute approximate surface area is 183 Å². The molecule has 0 saturated heterocycles. The fraction of sp³-hybridized carbons (Fsp3) is 0.348. The summed E-state index contributed by atoms with van der Waals surface area (Å²) in [4.78, 5) is 6.09. The smallest absolute Gasteiger partial charge is 0.191 e. The van der Waals surface area contributed by atoms with Gasteiger partial charge < -0.3 is 15.2 Å². The molecule has 1 heterocycles. The Morgan fingerprint density at radius 3 is 2.60 bits per heavy atom. The molecule has 0 unspecified atom stereocenters. The molecule has 7 heteroatoms. The molecule has 0 spiro atoms. The SMILES string of the molecule is CCc1nncn1CCNC(=NCc1ccccc1C)NCCSc1ccccc1. The Morgan fingerprint density at radius 1 is 1.03 bits per heavy atom. The van der Waals surface area contributed by atoms with Crippen LogP contribution < -0.4 is 10.6 Å². The van der Waals surface area contributed by atoms with Gasteiger partial charge in [-0.05, 0) is 30.2 Å². The van der Waals surface area contributed by atoms with Gasteiger partial charge in [0.05, 0.1) is 6.54 Å². The molecule has 0 atom stereocenters. The van der Waals surface area contributed by atoms with Crippen LogP contribution in [0.25, 0.3) is 0 Å². The van der Waals surface area contributed by atoms with Crippen molar-refractivity contribution in [1.29, 1.82) is 0 Å². The largest absolute Gasteiger partial charge is 0.356 e. The number of nitrogens with zero attached hydrogens (tertiary/aromatic N) is 4. The Bertz CT molecular complexity index is 922. The molecule has 6 nitrogen and oxygen atoms in total. The first kappa shape index (κ1) is 21.9. The van der Waals surface area contributed by atoms with Gasteiger partial charge in [0.1, 0.15) is 12.2 Å². The second-order valence-corrected chi connectivity index (χ2v) is 8.07. The molecule has 0 amide bonds. The van der Waals surface area contributed by atoms with Crippen molar-refractivity contribution < 1.29 is 0 Å². The summed E-state index contributed by atoms with van der Waals surface area (Å²) in [5.74, 6) is 2.81. The van der Waals surface area contributed by atoms with Gasteiger partial charge >= 0.3 is 0 Å². The van der Waals surface area contributed by atoms with Crippen molar-refractivity contribution in [3.63, 3.8) is 0 Å².